The molecule has 1 aromatic carbocycles. The Bertz CT molecular complexity index is 545. The molecule has 0 radical (unpaired) electrons. The molecule has 0 heterocycles. The molecule has 0 amide bonds. The average molecular weight is 267 g/mol. The van der Waals surface area contributed by atoms with Gasteiger partial charge < -0.3 is 5.32 Å². The van der Waals surface area contributed by atoms with E-state index in [0.29, 0.717) is 11.4 Å². The number of nitrogens with one attached hydrogen (secondary N) is 1. The molecular weight excluding hydrogens is 246 g/mol. The van der Waals surface area contributed by atoms with Crippen molar-refractivity contribution >= 4 is 9.84 Å². The predicted octanol–water partition coefficient (Wildman–Crippen LogP) is 2.22. The SMILES string of the molecule is CNCC1(S(=O)(=O)c2ccc(C)c(C)c2)CCC1. The summed E-state index contributed by atoms with van der Waals surface area (Å²) in [6.07, 6.45) is 2.54. The van der Waals surface area contributed by atoms with Gasteiger partial charge in [-0.15, -0.1) is 0 Å². The van der Waals surface area contributed by atoms with Crippen molar-refractivity contribution in [3.05, 3.63) is 29.3 Å². The Morgan fingerprint density at radius 2 is 1.89 bits per heavy atom. The molecule has 0 bridgehead atoms. The number of rotatable bonds is 4. The summed E-state index contributed by atoms with van der Waals surface area (Å²) in [7, 11) is -1.41. The molecule has 1 aliphatic rings. The molecule has 0 aliphatic heterocycles. The van der Waals surface area contributed by atoms with Crippen LogP contribution in [0.5, 0.6) is 0 Å². The van der Waals surface area contributed by atoms with Crippen molar-refractivity contribution < 1.29 is 8.42 Å². The van der Waals surface area contributed by atoms with Gasteiger partial charge in [0.2, 0.25) is 0 Å². The standard InChI is InChI=1S/C14H21NO2S/c1-11-5-6-13(9-12(11)2)18(16,17)14(10-15-3)7-4-8-14/h5-6,9,15H,4,7-8,10H2,1-3H3. The Hall–Kier alpha value is -0.870. The van der Waals surface area contributed by atoms with Crippen LogP contribution in [0.25, 0.3) is 0 Å². The third kappa shape index (κ3) is 1.97. The lowest BCUT2D eigenvalue weighted by atomic mass is 9.84. The average Bonchev–Trinajstić information content (AvgIpc) is 2.26. The van der Waals surface area contributed by atoms with Crippen molar-refractivity contribution in [3.8, 4) is 0 Å². The highest BCUT2D eigenvalue weighted by Gasteiger charge is 2.48. The van der Waals surface area contributed by atoms with Crippen LogP contribution in [0, 0.1) is 13.8 Å². The minimum Gasteiger partial charge on any atom is -0.318 e. The maximum absolute atomic E-state index is 12.7. The van der Waals surface area contributed by atoms with Crippen LogP contribution in [0.15, 0.2) is 23.1 Å². The zero-order valence-corrected chi connectivity index (χ0v) is 12.1. The summed E-state index contributed by atoms with van der Waals surface area (Å²) < 4.78 is 24.9. The highest BCUT2D eigenvalue weighted by atomic mass is 32.2. The first-order chi connectivity index (χ1) is 8.43. The molecule has 0 unspecified atom stereocenters. The topological polar surface area (TPSA) is 46.2 Å². The van der Waals surface area contributed by atoms with Gasteiger partial charge in [0.15, 0.2) is 9.84 Å². The summed E-state index contributed by atoms with van der Waals surface area (Å²) in [6.45, 7) is 4.50. The van der Waals surface area contributed by atoms with Gasteiger partial charge >= 0.3 is 0 Å². The van der Waals surface area contributed by atoms with Gasteiger partial charge in [0.05, 0.1) is 9.64 Å². The smallest absolute Gasteiger partial charge is 0.185 e. The van der Waals surface area contributed by atoms with Gasteiger partial charge in [-0.05, 0) is 57.0 Å². The summed E-state index contributed by atoms with van der Waals surface area (Å²) in [6, 6.07) is 5.45. The minimum atomic E-state index is -3.23. The van der Waals surface area contributed by atoms with Gasteiger partial charge in [-0.1, -0.05) is 12.5 Å². The second kappa shape index (κ2) is 4.67. The van der Waals surface area contributed by atoms with E-state index in [0.717, 1.165) is 30.4 Å². The summed E-state index contributed by atoms with van der Waals surface area (Å²) >= 11 is 0. The zero-order valence-electron chi connectivity index (χ0n) is 11.3. The molecule has 0 spiro atoms. The lowest BCUT2D eigenvalue weighted by Crippen LogP contribution is -2.51. The van der Waals surface area contributed by atoms with Crippen molar-refractivity contribution in [3.63, 3.8) is 0 Å². The van der Waals surface area contributed by atoms with Crippen LogP contribution in [-0.2, 0) is 9.84 Å². The van der Waals surface area contributed by atoms with Gasteiger partial charge in [0.1, 0.15) is 0 Å². The minimum absolute atomic E-state index is 0.473. The Morgan fingerprint density at radius 1 is 1.22 bits per heavy atom. The van der Waals surface area contributed by atoms with E-state index in [1.165, 1.54) is 0 Å². The molecule has 0 saturated heterocycles. The van der Waals surface area contributed by atoms with Crippen LogP contribution in [0.1, 0.15) is 30.4 Å². The molecule has 0 atom stereocenters. The first kappa shape index (κ1) is 13.6. The lowest BCUT2D eigenvalue weighted by Gasteiger charge is -2.41. The predicted molar refractivity (Wildman–Crippen MR) is 73.6 cm³/mol. The van der Waals surface area contributed by atoms with Crippen LogP contribution in [0.4, 0.5) is 0 Å². The summed E-state index contributed by atoms with van der Waals surface area (Å²) in [5.74, 6) is 0. The third-order valence-corrected chi connectivity index (χ3v) is 6.69. The quantitative estimate of drug-likeness (QED) is 0.910. The van der Waals surface area contributed by atoms with E-state index in [2.05, 4.69) is 5.32 Å². The number of hydrogen-bond donors (Lipinski definition) is 1. The van der Waals surface area contributed by atoms with Crippen LogP contribution in [-0.4, -0.2) is 26.8 Å². The van der Waals surface area contributed by atoms with E-state index in [4.69, 9.17) is 0 Å². The molecule has 3 nitrogen and oxygen atoms in total. The van der Waals surface area contributed by atoms with E-state index in [1.807, 2.05) is 27.0 Å². The maximum atomic E-state index is 12.7. The lowest BCUT2D eigenvalue weighted by molar-refractivity contribution is 0.328. The molecule has 100 valence electrons. The molecule has 0 aromatic heterocycles. The molecule has 1 aliphatic carbocycles. The summed E-state index contributed by atoms with van der Waals surface area (Å²) in [5, 5.41) is 3.03. The molecule has 4 heteroatoms. The van der Waals surface area contributed by atoms with Gasteiger partial charge in [-0.3, -0.25) is 0 Å². The molecule has 1 saturated carbocycles. The molecule has 1 N–H and O–H groups in total. The number of benzene rings is 1. The molecule has 1 fully saturated rings. The van der Waals surface area contributed by atoms with Crippen molar-refractivity contribution in [2.75, 3.05) is 13.6 Å². The normalized spacial score (nSPS) is 18.4. The largest absolute Gasteiger partial charge is 0.318 e. The van der Waals surface area contributed by atoms with E-state index >= 15 is 0 Å². The highest BCUT2D eigenvalue weighted by molar-refractivity contribution is 7.93. The van der Waals surface area contributed by atoms with E-state index in [-0.39, 0.29) is 0 Å². The first-order valence-electron chi connectivity index (χ1n) is 6.39. The molecular formula is C14H21NO2S. The Kier molecular flexibility index (Phi) is 3.52. The van der Waals surface area contributed by atoms with Crippen molar-refractivity contribution in [1.82, 2.24) is 5.32 Å². The van der Waals surface area contributed by atoms with Gasteiger partial charge in [-0.2, -0.15) is 0 Å². The molecule has 18 heavy (non-hydrogen) atoms. The number of aryl methyl sites for hydroxylation is 2. The van der Waals surface area contributed by atoms with Crippen LogP contribution >= 0.6 is 0 Å². The van der Waals surface area contributed by atoms with Crippen molar-refractivity contribution in [2.24, 2.45) is 0 Å². The zero-order chi connectivity index (χ0) is 13.4. The second-order valence-electron chi connectivity index (χ2n) is 5.32. The van der Waals surface area contributed by atoms with E-state index < -0.39 is 14.6 Å². The maximum Gasteiger partial charge on any atom is 0.185 e. The van der Waals surface area contributed by atoms with Crippen LogP contribution < -0.4 is 5.32 Å². The summed E-state index contributed by atoms with van der Waals surface area (Å²) in [4.78, 5) is 0.473. The summed E-state index contributed by atoms with van der Waals surface area (Å²) in [5.41, 5.74) is 2.17. The fraction of sp³-hybridized carbons (Fsp3) is 0.571. The number of hydrogen-bond acceptors (Lipinski definition) is 3. The Morgan fingerprint density at radius 3 is 2.33 bits per heavy atom. The van der Waals surface area contributed by atoms with Crippen molar-refractivity contribution in [2.45, 2.75) is 42.8 Å². The number of sulfone groups is 1. The highest BCUT2D eigenvalue weighted by Crippen LogP contribution is 2.42. The molecule has 2 rings (SSSR count). The fourth-order valence-corrected chi connectivity index (χ4v) is 4.80. The van der Waals surface area contributed by atoms with Crippen LogP contribution in [0.2, 0.25) is 0 Å². The molecule has 1 aromatic rings. The van der Waals surface area contributed by atoms with Gasteiger partial charge in [-0.25, -0.2) is 8.42 Å². The third-order valence-electron chi connectivity index (χ3n) is 4.12. The van der Waals surface area contributed by atoms with Gasteiger partial charge in [0, 0.05) is 6.54 Å². The Labute approximate surface area is 110 Å². The van der Waals surface area contributed by atoms with Crippen molar-refractivity contribution in [1.29, 1.82) is 0 Å². The van der Waals surface area contributed by atoms with E-state index in [9.17, 15) is 8.42 Å². The first-order valence-corrected chi connectivity index (χ1v) is 7.88. The Balaban J connectivity index is 2.44. The van der Waals surface area contributed by atoms with Crippen LogP contribution in [0.3, 0.4) is 0 Å². The fourth-order valence-electron chi connectivity index (χ4n) is 2.56. The van der Waals surface area contributed by atoms with Gasteiger partial charge in [0.25, 0.3) is 0 Å². The van der Waals surface area contributed by atoms with E-state index in [1.54, 1.807) is 12.1 Å². The monoisotopic (exact) mass is 267 g/mol. The second-order valence-corrected chi connectivity index (χ2v) is 7.66.